The minimum atomic E-state index is -0.690. The third-order valence-corrected chi connectivity index (χ3v) is 4.45. The molecule has 2 unspecified atom stereocenters. The van der Waals surface area contributed by atoms with Crippen LogP contribution in [0.5, 0.6) is 0 Å². The molecule has 1 aromatic rings. The Morgan fingerprint density at radius 3 is 2.68 bits per heavy atom. The lowest BCUT2D eigenvalue weighted by molar-refractivity contribution is -0.0889. The zero-order valence-electron chi connectivity index (χ0n) is 12.2. The molecule has 0 heterocycles. The van der Waals surface area contributed by atoms with Crippen LogP contribution in [0, 0.1) is 17.2 Å². The molecular weight excluding hydrogens is 239 g/mol. The van der Waals surface area contributed by atoms with Gasteiger partial charge in [-0.2, -0.15) is 0 Å². The second-order valence-electron chi connectivity index (χ2n) is 7.07. The van der Waals surface area contributed by atoms with Crippen LogP contribution in [0.2, 0.25) is 0 Å². The smallest absolute Gasteiger partial charge is 0.123 e. The Morgan fingerprint density at radius 2 is 2.05 bits per heavy atom. The molecule has 0 saturated heterocycles. The summed E-state index contributed by atoms with van der Waals surface area (Å²) in [6.07, 6.45) is 4.71. The minimum absolute atomic E-state index is 0.0858. The number of benzene rings is 1. The number of halogens is 1. The molecule has 1 nitrogen and oxygen atoms in total. The van der Waals surface area contributed by atoms with Crippen molar-refractivity contribution in [3.05, 3.63) is 35.6 Å². The summed E-state index contributed by atoms with van der Waals surface area (Å²) in [6.45, 7) is 6.58. The van der Waals surface area contributed by atoms with E-state index in [1.54, 1.807) is 12.1 Å². The molecule has 2 atom stereocenters. The predicted octanol–water partition coefficient (Wildman–Crippen LogP) is 4.34. The average Bonchev–Trinajstić information content (AvgIpc) is 2.27. The molecule has 1 aliphatic rings. The lowest BCUT2D eigenvalue weighted by Gasteiger charge is -2.47. The van der Waals surface area contributed by atoms with E-state index in [0.29, 0.717) is 6.42 Å². The van der Waals surface area contributed by atoms with Crippen LogP contribution in [0.15, 0.2) is 24.3 Å². The van der Waals surface area contributed by atoms with Crippen molar-refractivity contribution in [1.82, 2.24) is 0 Å². The van der Waals surface area contributed by atoms with Crippen LogP contribution in [-0.2, 0) is 6.42 Å². The predicted molar refractivity (Wildman–Crippen MR) is 76.5 cm³/mol. The molecule has 0 radical (unpaired) electrons. The van der Waals surface area contributed by atoms with E-state index >= 15 is 0 Å². The van der Waals surface area contributed by atoms with Crippen molar-refractivity contribution in [3.63, 3.8) is 0 Å². The van der Waals surface area contributed by atoms with Crippen molar-refractivity contribution in [2.75, 3.05) is 0 Å². The lowest BCUT2D eigenvalue weighted by atomic mass is 9.62. The summed E-state index contributed by atoms with van der Waals surface area (Å²) in [6, 6.07) is 6.64. The molecular formula is C17H25FO. The van der Waals surface area contributed by atoms with Gasteiger partial charge in [0, 0.05) is 6.42 Å². The van der Waals surface area contributed by atoms with Crippen LogP contribution in [-0.4, -0.2) is 10.7 Å². The number of aliphatic hydroxyl groups is 1. The molecule has 0 aromatic heterocycles. The van der Waals surface area contributed by atoms with Gasteiger partial charge in [-0.3, -0.25) is 0 Å². The first-order chi connectivity index (χ1) is 8.81. The highest BCUT2D eigenvalue weighted by Gasteiger charge is 2.44. The Labute approximate surface area is 115 Å². The maximum Gasteiger partial charge on any atom is 0.123 e. The third-order valence-electron chi connectivity index (χ3n) is 4.45. The van der Waals surface area contributed by atoms with Crippen LogP contribution in [0.3, 0.4) is 0 Å². The van der Waals surface area contributed by atoms with Crippen molar-refractivity contribution in [1.29, 1.82) is 0 Å². The lowest BCUT2D eigenvalue weighted by Crippen LogP contribution is -2.48. The van der Waals surface area contributed by atoms with Gasteiger partial charge in [0.1, 0.15) is 5.82 Å². The first-order valence-electron chi connectivity index (χ1n) is 7.28. The van der Waals surface area contributed by atoms with Gasteiger partial charge in [-0.05, 0) is 41.9 Å². The molecule has 0 aliphatic heterocycles. The largest absolute Gasteiger partial charge is 0.389 e. The third kappa shape index (κ3) is 3.36. The Bertz CT molecular complexity index is 435. The van der Waals surface area contributed by atoms with Gasteiger partial charge < -0.3 is 5.11 Å². The molecule has 2 heteroatoms. The van der Waals surface area contributed by atoms with Gasteiger partial charge in [-0.1, -0.05) is 45.7 Å². The van der Waals surface area contributed by atoms with E-state index in [0.717, 1.165) is 24.8 Å². The first kappa shape index (κ1) is 14.5. The Kier molecular flexibility index (Phi) is 4.00. The fourth-order valence-corrected chi connectivity index (χ4v) is 3.67. The summed E-state index contributed by atoms with van der Waals surface area (Å²) in [5, 5.41) is 11.1. The van der Waals surface area contributed by atoms with Gasteiger partial charge in [-0.15, -0.1) is 0 Å². The van der Waals surface area contributed by atoms with Crippen LogP contribution in [0.25, 0.3) is 0 Å². The second kappa shape index (κ2) is 5.24. The summed E-state index contributed by atoms with van der Waals surface area (Å²) in [5.41, 5.74) is 0.297. The van der Waals surface area contributed by atoms with Crippen molar-refractivity contribution >= 4 is 0 Å². The van der Waals surface area contributed by atoms with E-state index in [-0.39, 0.29) is 17.2 Å². The van der Waals surface area contributed by atoms with Crippen molar-refractivity contribution < 1.29 is 9.50 Å². The fourth-order valence-electron chi connectivity index (χ4n) is 3.67. The average molecular weight is 264 g/mol. The number of hydrogen-bond donors (Lipinski definition) is 1. The molecule has 2 rings (SSSR count). The summed E-state index contributed by atoms with van der Waals surface area (Å²) >= 11 is 0. The molecule has 0 bridgehead atoms. The topological polar surface area (TPSA) is 20.2 Å². The van der Waals surface area contributed by atoms with E-state index < -0.39 is 5.60 Å². The standard InChI is InChI=1S/C17H25FO/c1-16(2,3)15-9-4-5-10-17(15,19)12-13-7-6-8-14(18)11-13/h6-8,11,15,19H,4-5,9-10,12H2,1-3H3. The van der Waals surface area contributed by atoms with E-state index in [2.05, 4.69) is 20.8 Å². The SMILES string of the molecule is CC(C)(C)C1CCCCC1(O)Cc1cccc(F)c1. The van der Waals surface area contributed by atoms with Crippen LogP contribution in [0.4, 0.5) is 4.39 Å². The van der Waals surface area contributed by atoms with Gasteiger partial charge in [0.15, 0.2) is 0 Å². The highest BCUT2D eigenvalue weighted by molar-refractivity contribution is 5.19. The highest BCUT2D eigenvalue weighted by Crippen LogP contribution is 2.45. The van der Waals surface area contributed by atoms with E-state index in [9.17, 15) is 9.50 Å². The van der Waals surface area contributed by atoms with Gasteiger partial charge >= 0.3 is 0 Å². The van der Waals surface area contributed by atoms with Crippen LogP contribution >= 0.6 is 0 Å². The zero-order valence-corrected chi connectivity index (χ0v) is 12.2. The van der Waals surface area contributed by atoms with Gasteiger partial charge in [0.25, 0.3) is 0 Å². The summed E-state index contributed by atoms with van der Waals surface area (Å²) in [4.78, 5) is 0. The Morgan fingerprint density at radius 1 is 1.32 bits per heavy atom. The van der Waals surface area contributed by atoms with Crippen molar-refractivity contribution in [2.24, 2.45) is 11.3 Å². The molecule has 1 aromatic carbocycles. The monoisotopic (exact) mass is 264 g/mol. The summed E-state index contributed by atoms with van der Waals surface area (Å²) in [5.74, 6) is 0.0567. The maximum atomic E-state index is 13.3. The van der Waals surface area contributed by atoms with Gasteiger partial charge in [0.2, 0.25) is 0 Å². The summed E-state index contributed by atoms with van der Waals surface area (Å²) in [7, 11) is 0. The molecule has 1 N–H and O–H groups in total. The van der Waals surface area contributed by atoms with Crippen LogP contribution in [0.1, 0.15) is 52.0 Å². The second-order valence-corrected chi connectivity index (χ2v) is 7.07. The van der Waals surface area contributed by atoms with Gasteiger partial charge in [0.05, 0.1) is 5.60 Å². The molecule has 1 fully saturated rings. The first-order valence-corrected chi connectivity index (χ1v) is 7.28. The normalized spacial score (nSPS) is 28.4. The van der Waals surface area contributed by atoms with Crippen molar-refractivity contribution in [3.8, 4) is 0 Å². The van der Waals surface area contributed by atoms with E-state index in [4.69, 9.17) is 0 Å². The highest BCUT2D eigenvalue weighted by atomic mass is 19.1. The minimum Gasteiger partial charge on any atom is -0.389 e. The Balaban J connectivity index is 2.23. The van der Waals surface area contributed by atoms with Crippen LogP contribution < -0.4 is 0 Å². The molecule has 106 valence electrons. The molecule has 0 amide bonds. The number of rotatable bonds is 2. The van der Waals surface area contributed by atoms with Gasteiger partial charge in [-0.25, -0.2) is 4.39 Å². The molecule has 1 saturated carbocycles. The zero-order chi connectivity index (χ0) is 14.1. The van der Waals surface area contributed by atoms with E-state index in [1.807, 2.05) is 6.07 Å². The van der Waals surface area contributed by atoms with Crippen molar-refractivity contribution in [2.45, 2.75) is 58.5 Å². The molecule has 19 heavy (non-hydrogen) atoms. The fraction of sp³-hybridized carbons (Fsp3) is 0.647. The molecule has 0 spiro atoms. The quantitative estimate of drug-likeness (QED) is 0.842. The summed E-state index contributed by atoms with van der Waals surface area (Å²) < 4.78 is 13.3. The Hall–Kier alpha value is -0.890. The maximum absolute atomic E-state index is 13.3. The van der Waals surface area contributed by atoms with E-state index in [1.165, 1.54) is 12.5 Å². The number of hydrogen-bond acceptors (Lipinski definition) is 1. The molecule has 1 aliphatic carbocycles.